The van der Waals surface area contributed by atoms with E-state index in [0.717, 1.165) is 4.68 Å². The summed E-state index contributed by atoms with van der Waals surface area (Å²) in [5, 5.41) is 19.6. The molecule has 2 aromatic carbocycles. The SMILES string of the molecule is Cc1[nH]n(-c2ccc(S(=O)(=O)O)cc2)c(=O)c1N=Nc1ccc(C(=O)O)cc1. The highest BCUT2D eigenvalue weighted by Gasteiger charge is 2.14. The number of carboxylic acid groups (broad SMARTS) is 1. The van der Waals surface area contributed by atoms with Crippen molar-refractivity contribution in [2.24, 2.45) is 10.2 Å². The quantitative estimate of drug-likeness (QED) is 0.440. The van der Waals surface area contributed by atoms with Crippen LogP contribution in [0, 0.1) is 6.92 Å². The highest BCUT2D eigenvalue weighted by molar-refractivity contribution is 7.85. The van der Waals surface area contributed by atoms with Gasteiger partial charge >= 0.3 is 5.97 Å². The molecule has 0 fully saturated rings. The number of aryl methyl sites for hydroxylation is 1. The molecular formula is C17H14N4O6S. The van der Waals surface area contributed by atoms with Gasteiger partial charge in [-0.2, -0.15) is 13.5 Å². The summed E-state index contributed by atoms with van der Waals surface area (Å²) in [6, 6.07) is 10.7. The van der Waals surface area contributed by atoms with Crippen LogP contribution < -0.4 is 5.56 Å². The zero-order valence-corrected chi connectivity index (χ0v) is 15.2. The van der Waals surface area contributed by atoms with E-state index in [1.165, 1.54) is 48.5 Å². The normalized spacial score (nSPS) is 11.8. The smallest absolute Gasteiger partial charge is 0.335 e. The van der Waals surface area contributed by atoms with Crippen molar-refractivity contribution in [3.8, 4) is 5.69 Å². The van der Waals surface area contributed by atoms with Gasteiger partial charge in [0.15, 0.2) is 5.69 Å². The number of hydrogen-bond donors (Lipinski definition) is 3. The van der Waals surface area contributed by atoms with Crippen molar-refractivity contribution in [1.82, 2.24) is 9.78 Å². The van der Waals surface area contributed by atoms with Gasteiger partial charge in [0.05, 0.1) is 27.5 Å². The Kier molecular flexibility index (Phi) is 4.94. The zero-order valence-electron chi connectivity index (χ0n) is 14.4. The molecule has 10 nitrogen and oxygen atoms in total. The Morgan fingerprint density at radius 2 is 1.64 bits per heavy atom. The molecule has 28 heavy (non-hydrogen) atoms. The molecule has 0 unspecified atom stereocenters. The van der Waals surface area contributed by atoms with E-state index in [1.807, 2.05) is 0 Å². The van der Waals surface area contributed by atoms with Crippen LogP contribution in [-0.4, -0.2) is 33.8 Å². The molecule has 3 rings (SSSR count). The Morgan fingerprint density at radius 3 is 2.18 bits per heavy atom. The van der Waals surface area contributed by atoms with E-state index < -0.39 is 21.6 Å². The minimum atomic E-state index is -4.33. The molecule has 0 radical (unpaired) electrons. The summed E-state index contributed by atoms with van der Waals surface area (Å²) in [7, 11) is -4.33. The lowest BCUT2D eigenvalue weighted by molar-refractivity contribution is 0.0697. The maximum Gasteiger partial charge on any atom is 0.335 e. The number of carbonyl (C=O) groups is 1. The van der Waals surface area contributed by atoms with Gasteiger partial charge in [0, 0.05) is 0 Å². The van der Waals surface area contributed by atoms with Gasteiger partial charge in [0.2, 0.25) is 0 Å². The second-order valence-electron chi connectivity index (χ2n) is 5.75. The molecule has 0 aliphatic rings. The number of aromatic carboxylic acids is 1. The average molecular weight is 402 g/mol. The maximum atomic E-state index is 12.6. The van der Waals surface area contributed by atoms with Crippen molar-refractivity contribution in [3.05, 3.63) is 70.1 Å². The summed E-state index contributed by atoms with van der Waals surface area (Å²) in [5.74, 6) is -1.06. The van der Waals surface area contributed by atoms with Crippen molar-refractivity contribution in [1.29, 1.82) is 0 Å². The maximum absolute atomic E-state index is 12.6. The molecule has 0 saturated carbocycles. The fourth-order valence-corrected chi connectivity index (χ4v) is 2.86. The number of aromatic nitrogens is 2. The molecule has 0 bridgehead atoms. The molecule has 0 atom stereocenters. The first-order chi connectivity index (χ1) is 13.2. The molecule has 1 heterocycles. The monoisotopic (exact) mass is 402 g/mol. The second-order valence-corrected chi connectivity index (χ2v) is 7.17. The Bertz CT molecular complexity index is 1220. The molecular weight excluding hydrogens is 388 g/mol. The van der Waals surface area contributed by atoms with Crippen LogP contribution >= 0.6 is 0 Å². The Morgan fingerprint density at radius 1 is 1.04 bits per heavy atom. The van der Waals surface area contributed by atoms with Crippen LogP contribution in [0.5, 0.6) is 0 Å². The standard InChI is InChI=1S/C17H14N4O6S/c1-10-15(19-18-12-4-2-11(3-5-12)17(23)24)16(22)21(20-10)13-6-8-14(9-7-13)28(25,26)27/h2-9,20H,1H3,(H,23,24)(H,25,26,27). The number of H-pyrrole nitrogens is 1. The summed E-state index contributed by atoms with van der Waals surface area (Å²) >= 11 is 0. The highest BCUT2D eigenvalue weighted by Crippen LogP contribution is 2.20. The first kappa shape index (κ1) is 19.2. The van der Waals surface area contributed by atoms with E-state index in [0.29, 0.717) is 17.1 Å². The number of nitrogens with zero attached hydrogens (tertiary/aromatic N) is 3. The topological polar surface area (TPSA) is 154 Å². The number of benzene rings is 2. The van der Waals surface area contributed by atoms with Gasteiger partial charge in [0.25, 0.3) is 15.7 Å². The fraction of sp³-hybridized carbons (Fsp3) is 0.0588. The predicted molar refractivity (Wildman–Crippen MR) is 98.5 cm³/mol. The molecule has 0 saturated heterocycles. The van der Waals surface area contributed by atoms with Crippen LogP contribution in [0.15, 0.2) is 68.4 Å². The predicted octanol–water partition coefficient (Wildman–Crippen LogP) is 2.83. The Labute approximate surface area is 158 Å². The summed E-state index contributed by atoms with van der Waals surface area (Å²) in [6.07, 6.45) is 0. The molecule has 0 spiro atoms. The molecule has 11 heteroatoms. The lowest BCUT2D eigenvalue weighted by atomic mass is 10.2. The lowest BCUT2D eigenvalue weighted by Gasteiger charge is -2.02. The minimum absolute atomic E-state index is 0.0427. The van der Waals surface area contributed by atoms with E-state index >= 15 is 0 Å². The zero-order chi connectivity index (χ0) is 20.5. The van der Waals surface area contributed by atoms with Crippen molar-refractivity contribution in [3.63, 3.8) is 0 Å². The van der Waals surface area contributed by atoms with Crippen LogP contribution in [0.4, 0.5) is 11.4 Å². The van der Waals surface area contributed by atoms with Gasteiger partial charge in [-0.15, -0.1) is 5.11 Å². The van der Waals surface area contributed by atoms with Gasteiger partial charge in [-0.25, -0.2) is 9.48 Å². The number of azo groups is 1. The number of hydrogen-bond acceptors (Lipinski definition) is 6. The molecule has 0 aliphatic heterocycles. The Hall–Kier alpha value is -3.57. The van der Waals surface area contributed by atoms with E-state index in [1.54, 1.807) is 6.92 Å². The minimum Gasteiger partial charge on any atom is -0.478 e. The third-order valence-corrected chi connectivity index (χ3v) is 4.68. The second kappa shape index (κ2) is 7.21. The van der Waals surface area contributed by atoms with Gasteiger partial charge in [-0.3, -0.25) is 14.4 Å². The van der Waals surface area contributed by atoms with Gasteiger partial charge in [-0.1, -0.05) is 0 Å². The molecule has 1 aromatic heterocycles. The highest BCUT2D eigenvalue weighted by atomic mass is 32.2. The number of aromatic amines is 1. The summed E-state index contributed by atoms with van der Waals surface area (Å²) < 4.78 is 32.4. The van der Waals surface area contributed by atoms with E-state index in [2.05, 4.69) is 15.3 Å². The number of nitrogens with one attached hydrogen (secondary N) is 1. The van der Waals surface area contributed by atoms with Crippen molar-refractivity contribution >= 4 is 27.5 Å². The van der Waals surface area contributed by atoms with Gasteiger partial charge in [0.1, 0.15) is 0 Å². The summed E-state index contributed by atoms with van der Waals surface area (Å²) in [4.78, 5) is 23.1. The van der Waals surface area contributed by atoms with Crippen molar-refractivity contribution < 1.29 is 22.9 Å². The van der Waals surface area contributed by atoms with Crippen LogP contribution in [0.2, 0.25) is 0 Å². The number of rotatable bonds is 5. The number of carboxylic acids is 1. The van der Waals surface area contributed by atoms with Crippen LogP contribution in [0.3, 0.4) is 0 Å². The first-order valence-corrected chi connectivity index (χ1v) is 9.25. The molecule has 0 amide bonds. The third kappa shape index (κ3) is 3.89. The molecule has 144 valence electrons. The van der Waals surface area contributed by atoms with Crippen molar-refractivity contribution in [2.45, 2.75) is 11.8 Å². The third-order valence-electron chi connectivity index (χ3n) is 3.81. The van der Waals surface area contributed by atoms with E-state index in [9.17, 15) is 18.0 Å². The van der Waals surface area contributed by atoms with Crippen LogP contribution in [0.1, 0.15) is 16.1 Å². The fourth-order valence-electron chi connectivity index (χ4n) is 2.38. The van der Waals surface area contributed by atoms with E-state index in [-0.39, 0.29) is 16.1 Å². The molecule has 3 N–H and O–H groups in total. The van der Waals surface area contributed by atoms with Crippen LogP contribution in [-0.2, 0) is 10.1 Å². The van der Waals surface area contributed by atoms with E-state index in [4.69, 9.17) is 9.66 Å². The summed E-state index contributed by atoms with van der Waals surface area (Å²) in [6.45, 7) is 1.62. The van der Waals surface area contributed by atoms with Crippen molar-refractivity contribution in [2.75, 3.05) is 0 Å². The molecule has 3 aromatic rings. The molecule has 0 aliphatic carbocycles. The Balaban J connectivity index is 1.91. The van der Waals surface area contributed by atoms with Gasteiger partial charge < -0.3 is 5.11 Å². The van der Waals surface area contributed by atoms with Crippen LogP contribution in [0.25, 0.3) is 5.69 Å². The van der Waals surface area contributed by atoms with Gasteiger partial charge in [-0.05, 0) is 55.5 Å². The average Bonchev–Trinajstić information content (AvgIpc) is 2.93. The largest absolute Gasteiger partial charge is 0.478 e. The first-order valence-electron chi connectivity index (χ1n) is 7.81. The lowest BCUT2D eigenvalue weighted by Crippen LogP contribution is -2.14. The summed E-state index contributed by atoms with van der Waals surface area (Å²) in [5.41, 5.74) is 0.772.